The van der Waals surface area contributed by atoms with Gasteiger partial charge in [-0.2, -0.15) is 0 Å². The van der Waals surface area contributed by atoms with Crippen molar-refractivity contribution in [2.75, 3.05) is 11.6 Å². The van der Waals surface area contributed by atoms with Crippen molar-refractivity contribution in [3.63, 3.8) is 0 Å². The number of benzene rings is 2. The third kappa shape index (κ3) is 3.07. The highest BCUT2D eigenvalue weighted by Crippen LogP contribution is 2.36. The van der Waals surface area contributed by atoms with E-state index in [0.29, 0.717) is 16.7 Å². The van der Waals surface area contributed by atoms with Crippen LogP contribution in [0.3, 0.4) is 0 Å². The molecule has 1 aromatic heterocycles. The second-order valence-corrected chi connectivity index (χ2v) is 8.70. The zero-order valence-corrected chi connectivity index (χ0v) is 15.1. The van der Waals surface area contributed by atoms with Gasteiger partial charge in [-0.25, -0.2) is 18.4 Å². The standard InChI is InChI=1S/C18H16ClN3O2S/c1-25(23,24)13-4-7-16-15(9-13)18(21-10-20-16)22-17-6-2-11-8-12(19)3-5-14(11)17/h3-5,7-10,17H,2,6H2,1H3,(H,20,21,22). The van der Waals surface area contributed by atoms with Crippen LogP contribution in [0.1, 0.15) is 23.6 Å². The Balaban J connectivity index is 1.76. The van der Waals surface area contributed by atoms with Crippen LogP contribution in [0, 0.1) is 0 Å². The van der Waals surface area contributed by atoms with Crippen molar-refractivity contribution in [2.24, 2.45) is 0 Å². The molecule has 128 valence electrons. The van der Waals surface area contributed by atoms with Crippen molar-refractivity contribution in [1.82, 2.24) is 9.97 Å². The Morgan fingerprint density at radius 1 is 1.16 bits per heavy atom. The molecule has 0 aliphatic heterocycles. The van der Waals surface area contributed by atoms with Crippen LogP contribution in [-0.4, -0.2) is 24.6 Å². The first-order valence-corrected chi connectivity index (χ1v) is 10.2. The minimum absolute atomic E-state index is 0.118. The average Bonchev–Trinajstić information content (AvgIpc) is 2.96. The molecule has 0 spiro atoms. The van der Waals surface area contributed by atoms with Gasteiger partial charge < -0.3 is 5.32 Å². The van der Waals surface area contributed by atoms with Crippen molar-refractivity contribution in [1.29, 1.82) is 0 Å². The summed E-state index contributed by atoms with van der Waals surface area (Å²) in [7, 11) is -3.29. The Kier molecular flexibility index (Phi) is 3.89. The van der Waals surface area contributed by atoms with Gasteiger partial charge in [0.1, 0.15) is 12.1 Å². The van der Waals surface area contributed by atoms with E-state index in [1.807, 2.05) is 18.2 Å². The molecule has 0 bridgehead atoms. The average molecular weight is 374 g/mol. The fraction of sp³-hybridized carbons (Fsp3) is 0.222. The summed E-state index contributed by atoms with van der Waals surface area (Å²) in [6, 6.07) is 11.0. The summed E-state index contributed by atoms with van der Waals surface area (Å²) in [5, 5.41) is 4.89. The van der Waals surface area contributed by atoms with Crippen LogP contribution >= 0.6 is 11.6 Å². The quantitative estimate of drug-likeness (QED) is 0.756. The maximum absolute atomic E-state index is 11.9. The Hall–Kier alpha value is -2.18. The van der Waals surface area contributed by atoms with Crippen molar-refractivity contribution < 1.29 is 8.42 Å². The normalized spacial score (nSPS) is 16.8. The van der Waals surface area contributed by atoms with E-state index in [1.54, 1.807) is 18.2 Å². The topological polar surface area (TPSA) is 72.0 Å². The molecular formula is C18H16ClN3O2S. The predicted octanol–water partition coefficient (Wildman–Crippen LogP) is 3.79. The second kappa shape index (κ2) is 5.97. The fourth-order valence-electron chi connectivity index (χ4n) is 3.28. The number of aryl methyl sites for hydroxylation is 1. The predicted molar refractivity (Wildman–Crippen MR) is 98.8 cm³/mol. The number of sulfone groups is 1. The lowest BCUT2D eigenvalue weighted by Crippen LogP contribution is -2.09. The van der Waals surface area contributed by atoms with Crippen LogP contribution in [0.15, 0.2) is 47.6 Å². The molecule has 7 heteroatoms. The highest BCUT2D eigenvalue weighted by Gasteiger charge is 2.23. The Bertz CT molecular complexity index is 1080. The van der Waals surface area contributed by atoms with Crippen molar-refractivity contribution >= 4 is 38.2 Å². The van der Waals surface area contributed by atoms with Gasteiger partial charge in [-0.05, 0) is 54.3 Å². The first-order chi connectivity index (χ1) is 11.9. The maximum atomic E-state index is 11.9. The van der Waals surface area contributed by atoms with E-state index in [1.165, 1.54) is 23.7 Å². The number of halogens is 1. The monoisotopic (exact) mass is 373 g/mol. The SMILES string of the molecule is CS(=O)(=O)c1ccc2ncnc(NC3CCc4cc(Cl)ccc43)c2c1. The van der Waals surface area contributed by atoms with E-state index in [2.05, 4.69) is 15.3 Å². The lowest BCUT2D eigenvalue weighted by Gasteiger charge is -2.16. The van der Waals surface area contributed by atoms with Crippen LogP contribution in [0.5, 0.6) is 0 Å². The molecule has 25 heavy (non-hydrogen) atoms. The van der Waals surface area contributed by atoms with Gasteiger partial charge in [0.05, 0.1) is 16.5 Å². The number of rotatable bonds is 3. The Labute approximate surface area is 151 Å². The molecule has 0 fully saturated rings. The molecule has 1 aliphatic carbocycles. The van der Waals surface area contributed by atoms with Crippen LogP contribution < -0.4 is 5.32 Å². The summed E-state index contributed by atoms with van der Waals surface area (Å²) in [5.74, 6) is 0.642. The molecule has 0 saturated heterocycles. The first-order valence-electron chi connectivity index (χ1n) is 7.91. The van der Waals surface area contributed by atoms with Crippen LogP contribution in [-0.2, 0) is 16.3 Å². The molecule has 1 aliphatic rings. The lowest BCUT2D eigenvalue weighted by atomic mass is 10.1. The fourth-order valence-corrected chi connectivity index (χ4v) is 4.12. The van der Waals surface area contributed by atoms with E-state index in [4.69, 9.17) is 11.6 Å². The molecule has 1 N–H and O–H groups in total. The molecule has 1 heterocycles. The highest BCUT2D eigenvalue weighted by molar-refractivity contribution is 7.90. The molecule has 2 aromatic carbocycles. The van der Waals surface area contributed by atoms with Gasteiger partial charge in [0.2, 0.25) is 0 Å². The minimum Gasteiger partial charge on any atom is -0.363 e. The molecule has 0 amide bonds. The first kappa shape index (κ1) is 16.3. The number of nitrogens with one attached hydrogen (secondary N) is 1. The molecule has 1 unspecified atom stereocenters. The number of anilines is 1. The number of hydrogen-bond donors (Lipinski definition) is 1. The smallest absolute Gasteiger partial charge is 0.175 e. The minimum atomic E-state index is -3.29. The van der Waals surface area contributed by atoms with E-state index in [0.717, 1.165) is 17.9 Å². The van der Waals surface area contributed by atoms with Gasteiger partial charge in [-0.1, -0.05) is 17.7 Å². The third-order valence-corrected chi connectivity index (χ3v) is 5.87. The lowest BCUT2D eigenvalue weighted by molar-refractivity contribution is 0.602. The van der Waals surface area contributed by atoms with Crippen molar-refractivity contribution in [3.8, 4) is 0 Å². The molecule has 4 rings (SSSR count). The second-order valence-electron chi connectivity index (χ2n) is 6.25. The van der Waals surface area contributed by atoms with Gasteiger partial charge >= 0.3 is 0 Å². The molecule has 3 aromatic rings. The number of aromatic nitrogens is 2. The van der Waals surface area contributed by atoms with Crippen LogP contribution in [0.25, 0.3) is 10.9 Å². The van der Waals surface area contributed by atoms with Gasteiger partial charge in [0, 0.05) is 16.7 Å². The van der Waals surface area contributed by atoms with Crippen molar-refractivity contribution in [2.45, 2.75) is 23.8 Å². The van der Waals surface area contributed by atoms with E-state index < -0.39 is 9.84 Å². The number of nitrogens with zero attached hydrogens (tertiary/aromatic N) is 2. The van der Waals surface area contributed by atoms with Gasteiger partial charge in [0.15, 0.2) is 9.84 Å². The zero-order chi connectivity index (χ0) is 17.6. The summed E-state index contributed by atoms with van der Waals surface area (Å²) in [4.78, 5) is 8.83. The van der Waals surface area contributed by atoms with Gasteiger partial charge in [0.25, 0.3) is 0 Å². The summed E-state index contributed by atoms with van der Waals surface area (Å²) >= 11 is 6.07. The van der Waals surface area contributed by atoms with Crippen LogP contribution in [0.2, 0.25) is 5.02 Å². The number of fused-ring (bicyclic) bond motifs is 2. The summed E-state index contributed by atoms with van der Waals surface area (Å²) < 4.78 is 23.7. The van der Waals surface area contributed by atoms with E-state index in [-0.39, 0.29) is 10.9 Å². The highest BCUT2D eigenvalue weighted by atomic mass is 35.5. The molecule has 1 atom stereocenters. The van der Waals surface area contributed by atoms with Crippen LogP contribution in [0.4, 0.5) is 5.82 Å². The third-order valence-electron chi connectivity index (χ3n) is 4.53. The van der Waals surface area contributed by atoms with Gasteiger partial charge in [-0.15, -0.1) is 0 Å². The zero-order valence-electron chi connectivity index (χ0n) is 13.5. The molecule has 0 radical (unpaired) electrons. The Morgan fingerprint density at radius 2 is 2.00 bits per heavy atom. The van der Waals surface area contributed by atoms with E-state index >= 15 is 0 Å². The largest absolute Gasteiger partial charge is 0.363 e. The molecule has 0 saturated carbocycles. The molecule has 5 nitrogen and oxygen atoms in total. The summed E-state index contributed by atoms with van der Waals surface area (Å²) in [6.45, 7) is 0. The Morgan fingerprint density at radius 3 is 2.80 bits per heavy atom. The summed E-state index contributed by atoms with van der Waals surface area (Å²) in [5.41, 5.74) is 3.15. The maximum Gasteiger partial charge on any atom is 0.175 e. The number of hydrogen-bond acceptors (Lipinski definition) is 5. The van der Waals surface area contributed by atoms with E-state index in [9.17, 15) is 8.42 Å². The molecular weight excluding hydrogens is 358 g/mol. The van der Waals surface area contributed by atoms with Gasteiger partial charge in [-0.3, -0.25) is 0 Å². The summed E-state index contributed by atoms with van der Waals surface area (Å²) in [6.07, 6.45) is 4.57. The van der Waals surface area contributed by atoms with Crippen molar-refractivity contribution in [3.05, 3.63) is 58.9 Å².